The molecule has 0 aliphatic heterocycles. The van der Waals surface area contributed by atoms with E-state index in [2.05, 4.69) is 18.9 Å². The second-order valence-corrected chi connectivity index (χ2v) is 7.90. The molecule has 4 rings (SSSR count). The molecule has 4 aliphatic carbocycles. The molecule has 2 fully saturated rings. The van der Waals surface area contributed by atoms with Crippen LogP contribution in [0.5, 0.6) is 0 Å². The molecule has 0 aromatic rings. The van der Waals surface area contributed by atoms with Crippen molar-refractivity contribution in [3.63, 3.8) is 0 Å². The lowest BCUT2D eigenvalue weighted by atomic mass is 9.51. The number of allylic oxidation sites excluding steroid dienone is 4. The van der Waals surface area contributed by atoms with Crippen molar-refractivity contribution >= 4 is 5.78 Å². The van der Waals surface area contributed by atoms with Crippen LogP contribution in [0, 0.1) is 35.0 Å². The van der Waals surface area contributed by atoms with Crippen LogP contribution in [-0.2, 0) is 4.79 Å². The average molecular weight is 296 g/mol. The Balaban J connectivity index is 1.81. The zero-order valence-corrected chi connectivity index (χ0v) is 13.3. The number of carbonyl (C=O) groups excluding carboxylic acids is 1. The van der Waals surface area contributed by atoms with Gasteiger partial charge in [-0.05, 0) is 67.6 Å². The molecule has 116 valence electrons. The highest BCUT2D eigenvalue weighted by Gasteiger charge is 2.56. The fourth-order valence-corrected chi connectivity index (χ4v) is 5.77. The summed E-state index contributed by atoms with van der Waals surface area (Å²) in [5, 5.41) is 10.4. The van der Waals surface area contributed by atoms with Crippen molar-refractivity contribution in [3.8, 4) is 12.3 Å². The highest BCUT2D eigenvalue weighted by Crippen LogP contribution is 2.62. The summed E-state index contributed by atoms with van der Waals surface area (Å²) >= 11 is 0. The van der Waals surface area contributed by atoms with E-state index in [1.54, 1.807) is 0 Å². The second kappa shape index (κ2) is 4.59. The van der Waals surface area contributed by atoms with Crippen LogP contribution in [0.4, 0.5) is 0 Å². The smallest absolute Gasteiger partial charge is 0.155 e. The predicted molar refractivity (Wildman–Crippen MR) is 85.9 cm³/mol. The number of hydrogen-bond donors (Lipinski definition) is 1. The molecule has 0 saturated heterocycles. The van der Waals surface area contributed by atoms with Crippen LogP contribution in [-0.4, -0.2) is 17.0 Å². The first-order valence-corrected chi connectivity index (χ1v) is 8.61. The van der Waals surface area contributed by atoms with Crippen molar-refractivity contribution in [2.24, 2.45) is 22.7 Å². The monoisotopic (exact) mass is 296 g/mol. The molecule has 2 heteroatoms. The van der Waals surface area contributed by atoms with Gasteiger partial charge in [0.25, 0.3) is 0 Å². The van der Waals surface area contributed by atoms with E-state index in [0.717, 1.165) is 38.5 Å². The van der Waals surface area contributed by atoms with Crippen LogP contribution < -0.4 is 0 Å². The summed E-state index contributed by atoms with van der Waals surface area (Å²) in [6, 6.07) is 0. The molecule has 0 bridgehead atoms. The van der Waals surface area contributed by atoms with Gasteiger partial charge in [0.1, 0.15) is 0 Å². The first kappa shape index (κ1) is 14.3. The number of hydrogen-bond acceptors (Lipinski definition) is 2. The fourth-order valence-electron chi connectivity index (χ4n) is 5.77. The van der Waals surface area contributed by atoms with Gasteiger partial charge >= 0.3 is 0 Å². The number of terminal acetylenes is 1. The Hall–Kier alpha value is -1.33. The molecule has 5 atom stereocenters. The lowest BCUT2D eigenvalue weighted by Gasteiger charge is -2.52. The summed E-state index contributed by atoms with van der Waals surface area (Å²) in [7, 11) is 0. The fraction of sp³-hybridized carbons (Fsp3) is 0.650. The van der Waals surface area contributed by atoms with Crippen LogP contribution in [0.2, 0.25) is 0 Å². The minimum Gasteiger partial charge on any atom is -0.393 e. The van der Waals surface area contributed by atoms with Gasteiger partial charge in [0.2, 0.25) is 0 Å². The van der Waals surface area contributed by atoms with Crippen LogP contribution in [0.15, 0.2) is 23.3 Å². The molecule has 2 saturated carbocycles. The Morgan fingerprint density at radius 3 is 2.91 bits per heavy atom. The summed E-state index contributed by atoms with van der Waals surface area (Å²) in [6.07, 6.45) is 16.3. The Kier molecular flexibility index (Phi) is 2.97. The van der Waals surface area contributed by atoms with Gasteiger partial charge in [-0.1, -0.05) is 18.9 Å². The van der Waals surface area contributed by atoms with Gasteiger partial charge in [-0.15, -0.1) is 6.42 Å². The third-order valence-electron chi connectivity index (χ3n) is 7.10. The molecule has 0 heterocycles. The molecule has 0 aromatic carbocycles. The largest absolute Gasteiger partial charge is 0.393 e. The molecule has 4 aliphatic rings. The molecule has 0 aromatic heterocycles. The zero-order valence-electron chi connectivity index (χ0n) is 13.3. The maximum atomic E-state index is 11.8. The van der Waals surface area contributed by atoms with Gasteiger partial charge < -0.3 is 5.11 Å². The Morgan fingerprint density at radius 1 is 1.32 bits per heavy atom. The number of fused-ring (bicyclic) bond motifs is 5. The maximum absolute atomic E-state index is 11.8. The van der Waals surface area contributed by atoms with Crippen LogP contribution in [0.1, 0.15) is 51.9 Å². The Labute approximate surface area is 132 Å². The predicted octanol–water partition coefficient (Wildman–Crippen LogP) is 3.41. The average Bonchev–Trinajstić information content (AvgIpc) is 2.82. The zero-order chi connectivity index (χ0) is 15.5. The van der Waals surface area contributed by atoms with E-state index in [0.29, 0.717) is 18.3 Å². The van der Waals surface area contributed by atoms with Gasteiger partial charge in [-0.25, -0.2) is 0 Å². The van der Waals surface area contributed by atoms with E-state index in [4.69, 9.17) is 6.42 Å². The molecule has 22 heavy (non-hydrogen) atoms. The van der Waals surface area contributed by atoms with E-state index in [1.807, 2.05) is 6.08 Å². The van der Waals surface area contributed by atoms with E-state index in [1.165, 1.54) is 11.1 Å². The first-order valence-electron chi connectivity index (χ1n) is 8.61. The Bertz CT molecular complexity index is 635. The molecule has 0 unspecified atom stereocenters. The summed E-state index contributed by atoms with van der Waals surface area (Å²) in [4.78, 5) is 11.8. The molecule has 1 N–H and O–H groups in total. The highest BCUT2D eigenvalue weighted by atomic mass is 16.3. The van der Waals surface area contributed by atoms with E-state index >= 15 is 0 Å². The van der Waals surface area contributed by atoms with Gasteiger partial charge in [0.15, 0.2) is 5.78 Å². The van der Waals surface area contributed by atoms with Crippen molar-refractivity contribution in [1.82, 2.24) is 0 Å². The van der Waals surface area contributed by atoms with Gasteiger partial charge in [-0.3, -0.25) is 4.79 Å². The topological polar surface area (TPSA) is 37.3 Å². The number of aliphatic hydroxyl groups is 1. The van der Waals surface area contributed by atoms with E-state index in [9.17, 15) is 9.90 Å². The lowest BCUT2D eigenvalue weighted by molar-refractivity contribution is -0.115. The molecule has 0 amide bonds. The van der Waals surface area contributed by atoms with Crippen molar-refractivity contribution in [2.45, 2.75) is 58.0 Å². The summed E-state index contributed by atoms with van der Waals surface area (Å²) in [5.74, 6) is 4.37. The summed E-state index contributed by atoms with van der Waals surface area (Å²) in [6.45, 7) is 2.25. The van der Waals surface area contributed by atoms with Crippen molar-refractivity contribution in [1.29, 1.82) is 0 Å². The van der Waals surface area contributed by atoms with E-state index in [-0.39, 0.29) is 22.7 Å². The number of rotatable bonds is 0. The third-order valence-corrected chi connectivity index (χ3v) is 7.10. The number of ketones is 1. The van der Waals surface area contributed by atoms with E-state index < -0.39 is 0 Å². The van der Waals surface area contributed by atoms with Crippen molar-refractivity contribution < 1.29 is 9.90 Å². The summed E-state index contributed by atoms with van der Waals surface area (Å²) in [5.41, 5.74) is 2.30. The summed E-state index contributed by atoms with van der Waals surface area (Å²) < 4.78 is 0. The SMILES string of the molecule is C#C[C@]12CCC(=O)C=C1CC[C@@H]1C2=CC[C@]2(C)[C@@H](O)CC[C@@H]12. The van der Waals surface area contributed by atoms with Gasteiger partial charge in [0.05, 0.1) is 11.5 Å². The standard InChI is InChI=1S/C20H24O2/c1-3-20-11-8-14(21)12-13(20)4-5-15-16-6-7-18(22)19(16,2)10-9-17(15)20/h1,9,12,15-16,18,22H,4-8,10-11H2,2H3/t15-,16-,18-,19-,20-/m0/s1. The molecule has 0 spiro atoms. The van der Waals surface area contributed by atoms with Crippen LogP contribution in [0.3, 0.4) is 0 Å². The second-order valence-electron chi connectivity index (χ2n) is 7.90. The first-order chi connectivity index (χ1) is 10.5. The maximum Gasteiger partial charge on any atom is 0.155 e. The van der Waals surface area contributed by atoms with Crippen molar-refractivity contribution in [3.05, 3.63) is 23.3 Å². The Morgan fingerprint density at radius 2 is 2.14 bits per heavy atom. The quantitative estimate of drug-likeness (QED) is 0.549. The van der Waals surface area contributed by atoms with Crippen molar-refractivity contribution in [2.75, 3.05) is 0 Å². The minimum atomic E-state index is -0.300. The van der Waals surface area contributed by atoms with Crippen LogP contribution in [0.25, 0.3) is 0 Å². The van der Waals surface area contributed by atoms with Gasteiger partial charge in [-0.2, -0.15) is 0 Å². The number of carbonyl (C=O) groups is 1. The minimum absolute atomic E-state index is 0.0235. The van der Waals surface area contributed by atoms with Gasteiger partial charge in [0, 0.05) is 11.8 Å². The molecular weight excluding hydrogens is 272 g/mol. The number of aliphatic hydroxyl groups excluding tert-OH is 1. The molecule has 0 radical (unpaired) electrons. The third kappa shape index (κ3) is 1.64. The lowest BCUT2D eigenvalue weighted by Crippen LogP contribution is -2.46. The molecular formula is C20H24O2. The van der Waals surface area contributed by atoms with Crippen LogP contribution >= 0.6 is 0 Å². The highest BCUT2D eigenvalue weighted by molar-refractivity contribution is 5.92. The molecule has 2 nitrogen and oxygen atoms in total. The normalized spacial score (nSPS) is 46.8.